The van der Waals surface area contributed by atoms with Gasteiger partial charge in [0.15, 0.2) is 5.75 Å². The van der Waals surface area contributed by atoms with Crippen LogP contribution in [-0.4, -0.2) is 24.1 Å². The Labute approximate surface area is 119 Å². The molecular formula is C15H20N4O. The van der Waals surface area contributed by atoms with Crippen molar-refractivity contribution in [2.75, 3.05) is 24.7 Å². The highest BCUT2D eigenvalue weighted by Crippen LogP contribution is 2.30. The Balaban J connectivity index is 2.25. The molecule has 20 heavy (non-hydrogen) atoms. The third-order valence-electron chi connectivity index (χ3n) is 2.93. The minimum atomic E-state index is 0.519. The molecule has 2 rings (SSSR count). The Morgan fingerprint density at radius 1 is 1.20 bits per heavy atom. The monoisotopic (exact) mass is 272 g/mol. The number of nitrogen functional groups attached to an aromatic ring is 1. The van der Waals surface area contributed by atoms with E-state index in [2.05, 4.69) is 16.9 Å². The van der Waals surface area contributed by atoms with Crippen molar-refractivity contribution in [1.29, 1.82) is 0 Å². The maximum absolute atomic E-state index is 5.95. The van der Waals surface area contributed by atoms with Crippen LogP contribution in [0.5, 0.6) is 11.6 Å². The molecule has 0 saturated heterocycles. The number of hydrogen-bond donors (Lipinski definition) is 1. The van der Waals surface area contributed by atoms with Crippen LogP contribution in [0.3, 0.4) is 0 Å². The molecule has 0 atom stereocenters. The van der Waals surface area contributed by atoms with Gasteiger partial charge in [0.25, 0.3) is 0 Å². The first-order valence-electron chi connectivity index (χ1n) is 6.65. The van der Waals surface area contributed by atoms with Crippen LogP contribution < -0.4 is 15.4 Å². The van der Waals surface area contributed by atoms with E-state index in [0.717, 1.165) is 24.2 Å². The standard InChI is InChI=1S/C15H20N4O/c1-4-5-11-8-15(18-10-17-11)20-14-9-12(19(2)3)6-7-13(14)16/h6-10H,4-5,16H2,1-3H3. The Hall–Kier alpha value is -2.30. The molecule has 0 unspecified atom stereocenters. The van der Waals surface area contributed by atoms with Crippen LogP contribution in [0, 0.1) is 0 Å². The molecule has 106 valence electrons. The molecule has 0 radical (unpaired) electrons. The Morgan fingerprint density at radius 3 is 2.70 bits per heavy atom. The molecule has 0 fully saturated rings. The predicted octanol–water partition coefficient (Wildman–Crippen LogP) is 2.87. The van der Waals surface area contributed by atoms with Gasteiger partial charge >= 0.3 is 0 Å². The van der Waals surface area contributed by atoms with E-state index in [1.165, 1.54) is 6.33 Å². The highest BCUT2D eigenvalue weighted by molar-refractivity contribution is 5.62. The lowest BCUT2D eigenvalue weighted by molar-refractivity contribution is 0.462. The molecule has 0 bridgehead atoms. The van der Waals surface area contributed by atoms with Crippen LogP contribution in [-0.2, 0) is 6.42 Å². The highest BCUT2D eigenvalue weighted by atomic mass is 16.5. The van der Waals surface area contributed by atoms with Gasteiger partial charge in [0, 0.05) is 37.6 Å². The lowest BCUT2D eigenvalue weighted by Gasteiger charge is -2.15. The summed E-state index contributed by atoms with van der Waals surface area (Å²) in [6.07, 6.45) is 3.47. The van der Waals surface area contributed by atoms with E-state index in [1.54, 1.807) is 0 Å². The second-order valence-corrected chi connectivity index (χ2v) is 4.82. The summed E-state index contributed by atoms with van der Waals surface area (Å²) in [6, 6.07) is 7.53. The predicted molar refractivity (Wildman–Crippen MR) is 81.3 cm³/mol. The van der Waals surface area contributed by atoms with E-state index < -0.39 is 0 Å². The zero-order valence-corrected chi connectivity index (χ0v) is 12.1. The van der Waals surface area contributed by atoms with Crippen molar-refractivity contribution in [3.63, 3.8) is 0 Å². The second kappa shape index (κ2) is 6.23. The van der Waals surface area contributed by atoms with Crippen molar-refractivity contribution >= 4 is 11.4 Å². The molecule has 5 heteroatoms. The largest absolute Gasteiger partial charge is 0.437 e. The van der Waals surface area contributed by atoms with Crippen LogP contribution in [0.2, 0.25) is 0 Å². The fourth-order valence-electron chi connectivity index (χ4n) is 1.83. The summed E-state index contributed by atoms with van der Waals surface area (Å²) in [4.78, 5) is 10.3. The maximum atomic E-state index is 5.95. The lowest BCUT2D eigenvalue weighted by atomic mass is 10.2. The topological polar surface area (TPSA) is 64.3 Å². The van der Waals surface area contributed by atoms with E-state index in [1.807, 2.05) is 43.3 Å². The molecule has 1 aromatic carbocycles. The average Bonchev–Trinajstić information content (AvgIpc) is 2.42. The molecule has 0 spiro atoms. The van der Waals surface area contributed by atoms with Crippen molar-refractivity contribution in [3.8, 4) is 11.6 Å². The van der Waals surface area contributed by atoms with Gasteiger partial charge in [-0.1, -0.05) is 13.3 Å². The molecule has 0 aliphatic heterocycles. The van der Waals surface area contributed by atoms with Gasteiger partial charge in [0.2, 0.25) is 5.88 Å². The summed E-state index contributed by atoms with van der Waals surface area (Å²) < 4.78 is 5.78. The van der Waals surface area contributed by atoms with Gasteiger partial charge in [-0.05, 0) is 18.6 Å². The van der Waals surface area contributed by atoms with Gasteiger partial charge < -0.3 is 15.4 Å². The number of aryl methyl sites for hydroxylation is 1. The fraction of sp³-hybridized carbons (Fsp3) is 0.333. The van der Waals surface area contributed by atoms with E-state index in [0.29, 0.717) is 17.3 Å². The molecule has 1 heterocycles. The van der Waals surface area contributed by atoms with Crippen LogP contribution >= 0.6 is 0 Å². The van der Waals surface area contributed by atoms with Crippen molar-refractivity contribution in [3.05, 3.63) is 36.3 Å². The molecule has 5 nitrogen and oxygen atoms in total. The number of hydrogen-bond acceptors (Lipinski definition) is 5. The number of nitrogens with zero attached hydrogens (tertiary/aromatic N) is 3. The molecule has 1 aromatic heterocycles. The molecule has 0 amide bonds. The molecule has 2 N–H and O–H groups in total. The summed E-state index contributed by atoms with van der Waals surface area (Å²) >= 11 is 0. The summed E-state index contributed by atoms with van der Waals surface area (Å²) in [7, 11) is 3.94. The highest BCUT2D eigenvalue weighted by Gasteiger charge is 2.07. The number of nitrogens with two attached hydrogens (primary N) is 1. The zero-order valence-electron chi connectivity index (χ0n) is 12.1. The quantitative estimate of drug-likeness (QED) is 0.848. The lowest BCUT2D eigenvalue weighted by Crippen LogP contribution is -2.08. The summed E-state index contributed by atoms with van der Waals surface area (Å²) in [5, 5.41) is 0. The first-order valence-corrected chi connectivity index (χ1v) is 6.65. The molecule has 0 saturated carbocycles. The Morgan fingerprint density at radius 2 is 2.00 bits per heavy atom. The third-order valence-corrected chi connectivity index (χ3v) is 2.93. The van der Waals surface area contributed by atoms with E-state index in [4.69, 9.17) is 10.5 Å². The first kappa shape index (κ1) is 14.1. The SMILES string of the molecule is CCCc1cc(Oc2cc(N(C)C)ccc2N)ncn1. The van der Waals surface area contributed by atoms with Gasteiger partial charge in [-0.2, -0.15) is 0 Å². The fourth-order valence-corrected chi connectivity index (χ4v) is 1.83. The Kier molecular flexibility index (Phi) is 4.40. The van der Waals surface area contributed by atoms with Crippen molar-refractivity contribution in [1.82, 2.24) is 9.97 Å². The normalized spacial score (nSPS) is 10.3. The van der Waals surface area contributed by atoms with Gasteiger partial charge in [-0.3, -0.25) is 0 Å². The van der Waals surface area contributed by atoms with E-state index >= 15 is 0 Å². The van der Waals surface area contributed by atoms with Gasteiger partial charge in [-0.25, -0.2) is 9.97 Å². The van der Waals surface area contributed by atoms with Crippen molar-refractivity contribution in [2.24, 2.45) is 0 Å². The van der Waals surface area contributed by atoms with Gasteiger partial charge in [-0.15, -0.1) is 0 Å². The van der Waals surface area contributed by atoms with Crippen LogP contribution in [0.15, 0.2) is 30.6 Å². The molecular weight excluding hydrogens is 252 g/mol. The average molecular weight is 272 g/mol. The number of anilines is 2. The van der Waals surface area contributed by atoms with E-state index in [-0.39, 0.29) is 0 Å². The number of aromatic nitrogens is 2. The van der Waals surface area contributed by atoms with Gasteiger partial charge in [0.05, 0.1) is 5.69 Å². The van der Waals surface area contributed by atoms with Crippen molar-refractivity contribution < 1.29 is 4.74 Å². The van der Waals surface area contributed by atoms with Gasteiger partial charge in [0.1, 0.15) is 6.33 Å². The second-order valence-electron chi connectivity index (χ2n) is 4.82. The molecule has 2 aromatic rings. The van der Waals surface area contributed by atoms with Crippen molar-refractivity contribution in [2.45, 2.75) is 19.8 Å². The summed E-state index contributed by atoms with van der Waals surface area (Å²) in [5.74, 6) is 1.13. The van der Waals surface area contributed by atoms with Crippen LogP contribution in [0.25, 0.3) is 0 Å². The number of benzene rings is 1. The first-order chi connectivity index (χ1) is 9.60. The summed E-state index contributed by atoms with van der Waals surface area (Å²) in [5.41, 5.74) is 8.53. The van der Waals surface area contributed by atoms with Crippen LogP contribution in [0.4, 0.5) is 11.4 Å². The van der Waals surface area contributed by atoms with E-state index in [9.17, 15) is 0 Å². The zero-order chi connectivity index (χ0) is 14.5. The summed E-state index contributed by atoms with van der Waals surface area (Å²) in [6.45, 7) is 2.11. The Bertz CT molecular complexity index is 584. The minimum Gasteiger partial charge on any atom is -0.437 e. The van der Waals surface area contributed by atoms with Crippen LogP contribution in [0.1, 0.15) is 19.0 Å². The maximum Gasteiger partial charge on any atom is 0.222 e. The smallest absolute Gasteiger partial charge is 0.222 e. The number of rotatable bonds is 5. The molecule has 0 aliphatic carbocycles. The third kappa shape index (κ3) is 3.38. The minimum absolute atomic E-state index is 0.519. The number of ether oxygens (including phenoxy) is 1. The molecule has 0 aliphatic rings.